The van der Waals surface area contributed by atoms with E-state index in [1.165, 1.54) is 12.1 Å². The van der Waals surface area contributed by atoms with Gasteiger partial charge in [0.15, 0.2) is 0 Å². The van der Waals surface area contributed by atoms with Crippen LogP contribution in [0.25, 0.3) is 0 Å². The van der Waals surface area contributed by atoms with Gasteiger partial charge in [-0.25, -0.2) is 4.39 Å². The van der Waals surface area contributed by atoms with Gasteiger partial charge < -0.3 is 14.2 Å². The second kappa shape index (κ2) is 7.09. The smallest absolute Gasteiger partial charge is 0.229 e. The first kappa shape index (κ1) is 16.6. The molecule has 0 spiro atoms. The van der Waals surface area contributed by atoms with Crippen molar-refractivity contribution in [1.29, 1.82) is 0 Å². The third kappa shape index (κ3) is 3.79. The Balaban J connectivity index is 1.65. The second-order valence-electron chi connectivity index (χ2n) is 6.15. The van der Waals surface area contributed by atoms with Crippen LogP contribution in [-0.2, 0) is 16.0 Å². The van der Waals surface area contributed by atoms with Gasteiger partial charge in [-0.3, -0.25) is 4.79 Å². The summed E-state index contributed by atoms with van der Waals surface area (Å²) < 4.78 is 24.1. The summed E-state index contributed by atoms with van der Waals surface area (Å²) in [5, 5.41) is 3.95. The number of hydrogen-bond acceptors (Lipinski definition) is 5. The maximum Gasteiger partial charge on any atom is 0.229 e. The molecule has 24 heavy (non-hydrogen) atoms. The van der Waals surface area contributed by atoms with Crippen molar-refractivity contribution < 1.29 is 18.4 Å². The normalized spacial score (nSPS) is 18.2. The molecule has 6 nitrogen and oxygen atoms in total. The lowest BCUT2D eigenvalue weighted by Crippen LogP contribution is -2.43. The van der Waals surface area contributed by atoms with E-state index in [9.17, 15) is 9.18 Å². The number of rotatable bonds is 4. The monoisotopic (exact) mass is 333 g/mol. The van der Waals surface area contributed by atoms with Crippen molar-refractivity contribution in [1.82, 2.24) is 15.0 Å². The molecule has 2 heterocycles. The highest BCUT2D eigenvalue weighted by atomic mass is 19.1. The Bertz CT molecular complexity index is 717. The molecule has 0 radical (unpaired) electrons. The fourth-order valence-corrected chi connectivity index (χ4v) is 2.58. The highest BCUT2D eigenvalue weighted by Gasteiger charge is 2.29. The fourth-order valence-electron chi connectivity index (χ4n) is 2.58. The van der Waals surface area contributed by atoms with Gasteiger partial charge in [0.2, 0.25) is 17.6 Å². The lowest BCUT2D eigenvalue weighted by atomic mass is 10.1. The Morgan fingerprint density at radius 1 is 1.46 bits per heavy atom. The molecule has 0 saturated carbocycles. The number of carbonyl (C=O) groups excluding carboxylic acids is 1. The van der Waals surface area contributed by atoms with E-state index < -0.39 is 6.10 Å². The van der Waals surface area contributed by atoms with Crippen LogP contribution in [0.4, 0.5) is 4.39 Å². The van der Waals surface area contributed by atoms with Gasteiger partial charge in [0, 0.05) is 12.5 Å². The van der Waals surface area contributed by atoms with Gasteiger partial charge in [-0.05, 0) is 17.7 Å². The third-order valence-electron chi connectivity index (χ3n) is 3.90. The first-order valence-electron chi connectivity index (χ1n) is 8.00. The Morgan fingerprint density at radius 2 is 2.29 bits per heavy atom. The van der Waals surface area contributed by atoms with E-state index in [0.29, 0.717) is 37.0 Å². The van der Waals surface area contributed by atoms with E-state index in [0.717, 1.165) is 0 Å². The van der Waals surface area contributed by atoms with Crippen molar-refractivity contribution >= 4 is 5.91 Å². The lowest BCUT2D eigenvalue weighted by Gasteiger charge is -2.31. The minimum absolute atomic E-state index is 0.0681. The van der Waals surface area contributed by atoms with Crippen molar-refractivity contribution in [2.45, 2.75) is 32.3 Å². The van der Waals surface area contributed by atoms with Gasteiger partial charge in [-0.15, -0.1) is 0 Å². The molecule has 0 N–H and O–H groups in total. The van der Waals surface area contributed by atoms with Gasteiger partial charge in [0.25, 0.3) is 0 Å². The van der Waals surface area contributed by atoms with Crippen LogP contribution in [0.5, 0.6) is 0 Å². The van der Waals surface area contributed by atoms with Gasteiger partial charge >= 0.3 is 0 Å². The molecule has 1 saturated heterocycles. The van der Waals surface area contributed by atoms with Crippen molar-refractivity contribution in [3.05, 3.63) is 47.4 Å². The van der Waals surface area contributed by atoms with Crippen LogP contribution in [0.2, 0.25) is 0 Å². The number of halogens is 1. The van der Waals surface area contributed by atoms with Crippen LogP contribution in [0.1, 0.15) is 43.1 Å². The average molecular weight is 333 g/mol. The zero-order valence-electron chi connectivity index (χ0n) is 13.7. The number of amides is 1. The first-order chi connectivity index (χ1) is 11.5. The largest absolute Gasteiger partial charge is 0.366 e. The van der Waals surface area contributed by atoms with E-state index >= 15 is 0 Å². The van der Waals surface area contributed by atoms with Crippen molar-refractivity contribution in [3.8, 4) is 0 Å². The number of hydrogen-bond donors (Lipinski definition) is 0. The summed E-state index contributed by atoms with van der Waals surface area (Å²) in [5.74, 6) is 0.744. The molecule has 128 valence electrons. The molecule has 1 aromatic carbocycles. The molecular weight excluding hydrogens is 313 g/mol. The second-order valence-corrected chi connectivity index (χ2v) is 6.15. The van der Waals surface area contributed by atoms with Crippen LogP contribution in [0.15, 0.2) is 28.8 Å². The summed E-state index contributed by atoms with van der Waals surface area (Å²) in [5.41, 5.74) is 0.657. The molecule has 1 fully saturated rings. The van der Waals surface area contributed by atoms with Gasteiger partial charge in [-0.2, -0.15) is 4.98 Å². The molecule has 1 amide bonds. The molecule has 7 heteroatoms. The Labute approximate surface area is 139 Å². The van der Waals surface area contributed by atoms with Crippen LogP contribution in [0.3, 0.4) is 0 Å². The molecule has 1 aromatic heterocycles. The summed E-state index contributed by atoms with van der Waals surface area (Å²) in [4.78, 5) is 18.5. The minimum atomic E-state index is -0.397. The highest BCUT2D eigenvalue weighted by molar-refractivity contribution is 5.78. The van der Waals surface area contributed by atoms with Gasteiger partial charge in [0.1, 0.15) is 11.9 Å². The molecule has 1 aliphatic heterocycles. The lowest BCUT2D eigenvalue weighted by molar-refractivity contribution is -0.138. The Hall–Kier alpha value is -2.28. The summed E-state index contributed by atoms with van der Waals surface area (Å²) in [6, 6.07) is 6.09. The van der Waals surface area contributed by atoms with Gasteiger partial charge in [-0.1, -0.05) is 31.1 Å². The first-order valence-corrected chi connectivity index (χ1v) is 8.00. The van der Waals surface area contributed by atoms with Crippen LogP contribution < -0.4 is 0 Å². The summed E-state index contributed by atoms with van der Waals surface area (Å²) in [6.07, 6.45) is -0.236. The summed E-state index contributed by atoms with van der Waals surface area (Å²) in [7, 11) is 0. The maximum absolute atomic E-state index is 13.2. The number of benzene rings is 1. The Morgan fingerprint density at radius 3 is 3.00 bits per heavy atom. The highest BCUT2D eigenvalue weighted by Crippen LogP contribution is 2.22. The van der Waals surface area contributed by atoms with E-state index in [1.54, 1.807) is 17.0 Å². The number of nitrogens with zero attached hydrogens (tertiary/aromatic N) is 3. The minimum Gasteiger partial charge on any atom is -0.366 e. The Kier molecular flexibility index (Phi) is 4.89. The average Bonchev–Trinajstić information content (AvgIpc) is 3.05. The molecular formula is C17H20FN3O3. The molecule has 3 rings (SSSR count). The van der Waals surface area contributed by atoms with Crippen LogP contribution in [0, 0.1) is 5.82 Å². The van der Waals surface area contributed by atoms with Gasteiger partial charge in [0.05, 0.1) is 19.6 Å². The molecule has 1 atom stereocenters. The molecule has 0 bridgehead atoms. The van der Waals surface area contributed by atoms with Crippen LogP contribution >= 0.6 is 0 Å². The predicted molar refractivity (Wildman–Crippen MR) is 83.8 cm³/mol. The maximum atomic E-state index is 13.2. The fraction of sp³-hybridized carbons (Fsp3) is 0.471. The standard InChI is InChI=1S/C17H20FN3O3/c1-11(2)17-19-16(20-24-17)14-10-21(6-7-23-14)15(22)9-12-4-3-5-13(18)8-12/h3-5,8,11,14H,6-7,9-10H2,1-2H3/t14-/m1/s1. The van der Waals surface area contributed by atoms with E-state index in [-0.39, 0.29) is 24.1 Å². The SMILES string of the molecule is CC(C)c1nc([C@H]2CN(C(=O)Cc3cccc(F)c3)CCO2)no1. The predicted octanol–water partition coefficient (Wildman–Crippen LogP) is 2.47. The quantitative estimate of drug-likeness (QED) is 0.860. The van der Waals surface area contributed by atoms with E-state index in [2.05, 4.69) is 10.1 Å². The van der Waals surface area contributed by atoms with Crippen molar-refractivity contribution in [3.63, 3.8) is 0 Å². The zero-order valence-corrected chi connectivity index (χ0v) is 13.7. The number of morpholine rings is 1. The molecule has 0 aliphatic carbocycles. The van der Waals surface area contributed by atoms with Crippen LogP contribution in [-0.4, -0.2) is 40.6 Å². The molecule has 1 aliphatic rings. The number of aromatic nitrogens is 2. The molecule has 2 aromatic rings. The number of carbonyl (C=O) groups is 1. The van der Waals surface area contributed by atoms with Crippen molar-refractivity contribution in [2.24, 2.45) is 0 Å². The summed E-state index contributed by atoms with van der Waals surface area (Å²) in [6.45, 7) is 5.21. The zero-order chi connectivity index (χ0) is 17.1. The van der Waals surface area contributed by atoms with E-state index in [1.807, 2.05) is 13.8 Å². The van der Waals surface area contributed by atoms with E-state index in [4.69, 9.17) is 9.26 Å². The summed E-state index contributed by atoms with van der Waals surface area (Å²) >= 11 is 0. The molecule has 0 unspecified atom stereocenters. The topological polar surface area (TPSA) is 68.5 Å². The van der Waals surface area contributed by atoms with Crippen molar-refractivity contribution in [2.75, 3.05) is 19.7 Å². The third-order valence-corrected chi connectivity index (χ3v) is 3.90. The number of ether oxygens (including phenoxy) is 1.